The molecule has 0 aliphatic carbocycles. The number of fused-ring (bicyclic) bond motifs is 1. The van der Waals surface area contributed by atoms with Gasteiger partial charge in [0.05, 0.1) is 24.7 Å². The van der Waals surface area contributed by atoms with Crippen molar-refractivity contribution in [3.8, 4) is 5.88 Å². The first-order valence-corrected chi connectivity index (χ1v) is 9.54. The summed E-state index contributed by atoms with van der Waals surface area (Å²) in [7, 11) is 1.17. The van der Waals surface area contributed by atoms with Gasteiger partial charge in [-0.2, -0.15) is 13.2 Å². The summed E-state index contributed by atoms with van der Waals surface area (Å²) in [6, 6.07) is 1.14. The number of aromatic nitrogens is 3. The molecule has 11 heteroatoms. The molecule has 1 unspecified atom stereocenters. The van der Waals surface area contributed by atoms with E-state index in [0.717, 1.165) is 30.2 Å². The lowest BCUT2D eigenvalue weighted by Gasteiger charge is -2.31. The number of pyridine rings is 1. The molecule has 4 rings (SSSR count). The minimum atomic E-state index is -4.56. The molecule has 30 heavy (non-hydrogen) atoms. The number of halogens is 3. The van der Waals surface area contributed by atoms with Crippen LogP contribution in [-0.4, -0.2) is 59.0 Å². The third-order valence-electron chi connectivity index (χ3n) is 5.41. The van der Waals surface area contributed by atoms with Gasteiger partial charge in [0.15, 0.2) is 0 Å². The lowest BCUT2D eigenvalue weighted by molar-refractivity contribution is -0.139. The molecule has 0 spiro atoms. The normalized spacial score (nSPS) is 18.9. The molecule has 2 aliphatic heterocycles. The lowest BCUT2D eigenvalue weighted by atomic mass is 10.0. The van der Waals surface area contributed by atoms with Crippen LogP contribution in [0.2, 0.25) is 0 Å². The van der Waals surface area contributed by atoms with Crippen LogP contribution in [0, 0.1) is 0 Å². The van der Waals surface area contributed by atoms with Gasteiger partial charge in [0, 0.05) is 44.2 Å². The number of nitrogens with one attached hydrogen (secondary N) is 1. The fourth-order valence-corrected chi connectivity index (χ4v) is 3.86. The largest absolute Gasteiger partial charge is 0.481 e. The quantitative estimate of drug-likeness (QED) is 0.739. The maximum absolute atomic E-state index is 13.4. The molecule has 160 valence electrons. The topological polar surface area (TPSA) is 83.5 Å². The summed E-state index contributed by atoms with van der Waals surface area (Å²) in [5.74, 6) is 0.204. The fourth-order valence-electron chi connectivity index (χ4n) is 3.86. The zero-order chi connectivity index (χ0) is 21.3. The van der Waals surface area contributed by atoms with Gasteiger partial charge in [-0.15, -0.1) is 0 Å². The van der Waals surface area contributed by atoms with Gasteiger partial charge in [0.1, 0.15) is 17.7 Å². The highest BCUT2D eigenvalue weighted by Crippen LogP contribution is 2.38. The first kappa shape index (κ1) is 20.2. The van der Waals surface area contributed by atoms with E-state index in [1.165, 1.54) is 19.6 Å². The van der Waals surface area contributed by atoms with E-state index in [1.54, 1.807) is 4.90 Å². The SMILES string of the molecule is COc1ncc(N2CCc3ncnc(NC4CCN(C=O)C4)c3C2)cc1C(F)(F)F. The Hall–Kier alpha value is -3.11. The van der Waals surface area contributed by atoms with Crippen LogP contribution in [0.25, 0.3) is 0 Å². The highest BCUT2D eigenvalue weighted by atomic mass is 19.4. The van der Waals surface area contributed by atoms with Crippen molar-refractivity contribution >= 4 is 17.9 Å². The summed E-state index contributed by atoms with van der Waals surface area (Å²) in [5.41, 5.74) is 1.16. The van der Waals surface area contributed by atoms with E-state index in [4.69, 9.17) is 4.74 Å². The van der Waals surface area contributed by atoms with Gasteiger partial charge in [-0.25, -0.2) is 15.0 Å². The zero-order valence-electron chi connectivity index (χ0n) is 16.3. The predicted octanol–water partition coefficient (Wildman–Crippen LogP) is 2.10. The Morgan fingerprint density at radius 2 is 2.10 bits per heavy atom. The van der Waals surface area contributed by atoms with Crippen molar-refractivity contribution in [2.24, 2.45) is 0 Å². The smallest absolute Gasteiger partial charge is 0.421 e. The molecule has 1 N–H and O–H groups in total. The van der Waals surface area contributed by atoms with Crippen LogP contribution in [0.15, 0.2) is 18.6 Å². The number of hydrogen-bond donors (Lipinski definition) is 1. The average molecular weight is 422 g/mol. The third-order valence-corrected chi connectivity index (χ3v) is 5.41. The van der Waals surface area contributed by atoms with Gasteiger partial charge in [0.25, 0.3) is 0 Å². The molecule has 2 aliphatic rings. The van der Waals surface area contributed by atoms with E-state index < -0.39 is 17.6 Å². The standard InChI is InChI=1S/C19H21F3N6O2/c1-30-18-15(19(20,21)22)6-13(7-23-18)28-5-3-16-14(9-28)17(25-10-24-16)26-12-2-4-27(8-12)11-29/h6-7,10-12H,2-5,8-9H2,1H3,(H,24,25,26). The van der Waals surface area contributed by atoms with Gasteiger partial charge in [-0.3, -0.25) is 4.79 Å². The Morgan fingerprint density at radius 1 is 1.27 bits per heavy atom. The molecule has 0 bridgehead atoms. The molecule has 0 aromatic carbocycles. The Morgan fingerprint density at radius 3 is 2.80 bits per heavy atom. The number of methoxy groups -OCH3 is 1. The van der Waals surface area contributed by atoms with E-state index >= 15 is 0 Å². The van der Waals surface area contributed by atoms with Crippen molar-refractivity contribution < 1.29 is 22.7 Å². The molecule has 1 fully saturated rings. The molecule has 1 amide bonds. The average Bonchev–Trinajstić information content (AvgIpc) is 3.20. The van der Waals surface area contributed by atoms with Crippen LogP contribution in [0.1, 0.15) is 23.2 Å². The number of ether oxygens (including phenoxy) is 1. The minimum Gasteiger partial charge on any atom is -0.481 e. The second-order valence-corrected chi connectivity index (χ2v) is 7.30. The number of hydrogen-bond acceptors (Lipinski definition) is 7. The summed E-state index contributed by atoms with van der Waals surface area (Å²) in [4.78, 5) is 27.0. The number of rotatable bonds is 5. The fraction of sp³-hybridized carbons (Fsp3) is 0.474. The minimum absolute atomic E-state index is 0.0732. The Balaban J connectivity index is 1.58. The van der Waals surface area contributed by atoms with Crippen molar-refractivity contribution in [3.05, 3.63) is 35.4 Å². The second-order valence-electron chi connectivity index (χ2n) is 7.30. The summed E-state index contributed by atoms with van der Waals surface area (Å²) < 4.78 is 44.9. The Kier molecular flexibility index (Phi) is 5.35. The molecular formula is C19H21F3N6O2. The number of nitrogens with zero attached hydrogens (tertiary/aromatic N) is 5. The molecule has 1 atom stereocenters. The Labute approximate surface area is 171 Å². The van der Waals surface area contributed by atoms with E-state index in [1.807, 2.05) is 4.90 Å². The first-order chi connectivity index (χ1) is 14.4. The van der Waals surface area contributed by atoms with Gasteiger partial charge in [-0.05, 0) is 12.5 Å². The highest BCUT2D eigenvalue weighted by molar-refractivity contribution is 5.56. The van der Waals surface area contributed by atoms with Crippen molar-refractivity contribution in [1.29, 1.82) is 0 Å². The van der Waals surface area contributed by atoms with Crippen molar-refractivity contribution in [1.82, 2.24) is 19.9 Å². The highest BCUT2D eigenvalue weighted by Gasteiger charge is 2.36. The summed E-state index contributed by atoms with van der Waals surface area (Å²) >= 11 is 0. The van der Waals surface area contributed by atoms with Crippen LogP contribution >= 0.6 is 0 Å². The van der Waals surface area contributed by atoms with Gasteiger partial charge in [-0.1, -0.05) is 0 Å². The zero-order valence-corrected chi connectivity index (χ0v) is 16.3. The molecule has 4 heterocycles. The number of carbonyl (C=O) groups excluding carboxylic acids is 1. The van der Waals surface area contributed by atoms with Crippen LogP contribution in [0.4, 0.5) is 24.7 Å². The molecule has 1 saturated heterocycles. The van der Waals surface area contributed by atoms with E-state index in [9.17, 15) is 18.0 Å². The maximum atomic E-state index is 13.4. The molecule has 8 nitrogen and oxygen atoms in total. The van der Waals surface area contributed by atoms with E-state index in [0.29, 0.717) is 44.1 Å². The molecule has 2 aromatic rings. The number of alkyl halides is 3. The van der Waals surface area contributed by atoms with Crippen LogP contribution in [0.5, 0.6) is 5.88 Å². The van der Waals surface area contributed by atoms with Gasteiger partial charge >= 0.3 is 6.18 Å². The molecule has 2 aromatic heterocycles. The lowest BCUT2D eigenvalue weighted by Crippen LogP contribution is -2.33. The summed E-state index contributed by atoms with van der Waals surface area (Å²) in [6.07, 6.45) is 0.511. The summed E-state index contributed by atoms with van der Waals surface area (Å²) in [6.45, 7) is 2.13. The molecule has 0 saturated carbocycles. The van der Waals surface area contributed by atoms with Crippen molar-refractivity contribution in [3.63, 3.8) is 0 Å². The molecule has 0 radical (unpaired) electrons. The van der Waals surface area contributed by atoms with Crippen molar-refractivity contribution in [2.75, 3.05) is 37.0 Å². The van der Waals surface area contributed by atoms with Crippen LogP contribution in [0.3, 0.4) is 0 Å². The first-order valence-electron chi connectivity index (χ1n) is 9.54. The van der Waals surface area contributed by atoms with E-state index in [-0.39, 0.29) is 6.04 Å². The van der Waals surface area contributed by atoms with Crippen LogP contribution < -0.4 is 15.0 Å². The number of carbonyl (C=O) groups is 1. The van der Waals surface area contributed by atoms with Crippen molar-refractivity contribution in [2.45, 2.75) is 31.6 Å². The van der Waals surface area contributed by atoms with E-state index in [2.05, 4.69) is 20.3 Å². The second kappa shape index (κ2) is 7.96. The van der Waals surface area contributed by atoms with Gasteiger partial charge in [0.2, 0.25) is 12.3 Å². The number of likely N-dealkylation sites (tertiary alicyclic amines) is 1. The third kappa shape index (κ3) is 3.96. The number of amides is 1. The molecular weight excluding hydrogens is 401 g/mol. The van der Waals surface area contributed by atoms with Gasteiger partial charge < -0.3 is 19.9 Å². The predicted molar refractivity (Wildman–Crippen MR) is 102 cm³/mol. The Bertz CT molecular complexity index is 939. The maximum Gasteiger partial charge on any atom is 0.421 e. The number of anilines is 2. The van der Waals surface area contributed by atoms with Crippen LogP contribution in [-0.2, 0) is 23.9 Å². The monoisotopic (exact) mass is 422 g/mol. The summed E-state index contributed by atoms with van der Waals surface area (Å²) in [5, 5.41) is 3.37.